The lowest BCUT2D eigenvalue weighted by atomic mass is 9.86. The largest absolute Gasteiger partial charge is 0.383 e. The van der Waals surface area contributed by atoms with Crippen LogP contribution in [-0.4, -0.2) is 41.1 Å². The van der Waals surface area contributed by atoms with Gasteiger partial charge in [0.15, 0.2) is 5.69 Å². The fourth-order valence-electron chi connectivity index (χ4n) is 4.85. The highest BCUT2D eigenvalue weighted by Gasteiger charge is 2.37. The molecule has 0 unspecified atom stereocenters. The maximum atomic E-state index is 13.0. The van der Waals surface area contributed by atoms with Gasteiger partial charge >= 0.3 is 0 Å². The lowest BCUT2D eigenvalue weighted by Gasteiger charge is -2.25. The molecule has 5 N–H and O–H groups in total. The number of methoxy groups -OCH3 is 1. The molecular formula is C25H27N5O3. The Hall–Kier alpha value is -3.49. The molecule has 0 spiro atoms. The highest BCUT2D eigenvalue weighted by Crippen LogP contribution is 2.44. The van der Waals surface area contributed by atoms with Crippen molar-refractivity contribution in [2.24, 2.45) is 5.73 Å². The zero-order chi connectivity index (χ0) is 23.0. The van der Waals surface area contributed by atoms with Gasteiger partial charge in [-0.15, -0.1) is 0 Å². The van der Waals surface area contributed by atoms with E-state index < -0.39 is 5.54 Å². The maximum absolute atomic E-state index is 13.0. The second kappa shape index (κ2) is 8.46. The number of nitrogens with zero attached hydrogens (tertiary/aromatic N) is 1. The van der Waals surface area contributed by atoms with Crippen LogP contribution in [0.3, 0.4) is 0 Å². The van der Waals surface area contributed by atoms with E-state index >= 15 is 0 Å². The summed E-state index contributed by atoms with van der Waals surface area (Å²) in [6.07, 6.45) is 3.65. The van der Waals surface area contributed by atoms with Crippen LogP contribution in [0.5, 0.6) is 0 Å². The van der Waals surface area contributed by atoms with Crippen molar-refractivity contribution in [2.75, 3.05) is 20.3 Å². The smallest absolute Gasteiger partial charge is 0.276 e. The molecule has 8 heteroatoms. The van der Waals surface area contributed by atoms with Crippen molar-refractivity contribution in [3.8, 4) is 11.4 Å². The molecule has 1 saturated carbocycles. The topological polar surface area (TPSA) is 126 Å². The van der Waals surface area contributed by atoms with Crippen molar-refractivity contribution in [2.45, 2.75) is 31.2 Å². The van der Waals surface area contributed by atoms with E-state index in [9.17, 15) is 9.59 Å². The molecule has 0 bridgehead atoms. The zero-order valence-corrected chi connectivity index (χ0v) is 18.5. The predicted octanol–water partition coefficient (Wildman–Crippen LogP) is 3.18. The van der Waals surface area contributed by atoms with Crippen LogP contribution in [0.25, 0.3) is 33.3 Å². The number of nitrogens with one attached hydrogen (secondary N) is 3. The number of carbonyl (C=O) groups is 1. The summed E-state index contributed by atoms with van der Waals surface area (Å²) in [5.74, 6) is -0.179. The van der Waals surface area contributed by atoms with Gasteiger partial charge in [-0.3, -0.25) is 9.59 Å². The van der Waals surface area contributed by atoms with Crippen LogP contribution in [-0.2, 0) is 10.3 Å². The Kier molecular flexibility index (Phi) is 5.47. The molecule has 8 nitrogen and oxygen atoms in total. The molecule has 0 saturated heterocycles. The molecule has 0 radical (unpaired) electrons. The van der Waals surface area contributed by atoms with Crippen LogP contribution in [0.2, 0.25) is 0 Å². The monoisotopic (exact) mass is 445 g/mol. The molecule has 2 heterocycles. The summed E-state index contributed by atoms with van der Waals surface area (Å²) in [4.78, 5) is 36.7. The standard InChI is InChI=1S/C25H27N5O3/c1-33-13-12-27-23(31)15-8-9-17-16(14-15)20(25(26)10-4-5-11-25)21(28-17)22-24(32)30-19-7-3-2-6-18(19)29-22/h2-3,6-9,14,28H,4-5,10-13,26H2,1H3,(H,27,31)(H,30,32). The Morgan fingerprint density at radius 3 is 2.73 bits per heavy atom. The van der Waals surface area contributed by atoms with E-state index in [1.807, 2.05) is 36.4 Å². The van der Waals surface area contributed by atoms with Gasteiger partial charge in [-0.25, -0.2) is 4.98 Å². The van der Waals surface area contributed by atoms with E-state index in [1.54, 1.807) is 13.2 Å². The molecule has 1 aliphatic carbocycles. The Morgan fingerprint density at radius 2 is 1.94 bits per heavy atom. The lowest BCUT2D eigenvalue weighted by molar-refractivity contribution is 0.0937. The van der Waals surface area contributed by atoms with Crippen molar-refractivity contribution in [1.82, 2.24) is 20.3 Å². The summed E-state index contributed by atoms with van der Waals surface area (Å²) in [6, 6.07) is 12.9. The molecule has 1 fully saturated rings. The second-order valence-electron chi connectivity index (χ2n) is 8.68. The van der Waals surface area contributed by atoms with E-state index in [4.69, 9.17) is 10.5 Å². The van der Waals surface area contributed by atoms with Crippen molar-refractivity contribution >= 4 is 27.8 Å². The highest BCUT2D eigenvalue weighted by atomic mass is 16.5. The molecule has 0 aliphatic heterocycles. The average molecular weight is 446 g/mol. The number of benzene rings is 2. The van der Waals surface area contributed by atoms with Gasteiger partial charge in [0.25, 0.3) is 11.5 Å². The van der Waals surface area contributed by atoms with Gasteiger partial charge in [0.1, 0.15) is 0 Å². The number of fused-ring (bicyclic) bond motifs is 2. The van der Waals surface area contributed by atoms with Crippen molar-refractivity contribution in [3.63, 3.8) is 0 Å². The van der Waals surface area contributed by atoms with Crippen LogP contribution in [0, 0.1) is 0 Å². The number of aromatic nitrogens is 3. The zero-order valence-electron chi connectivity index (χ0n) is 18.5. The number of amides is 1. The Labute approximate surface area is 190 Å². The fraction of sp³-hybridized carbons (Fsp3) is 0.320. The molecule has 33 heavy (non-hydrogen) atoms. The number of nitrogens with two attached hydrogens (primary N) is 1. The summed E-state index contributed by atoms with van der Waals surface area (Å²) >= 11 is 0. The van der Waals surface area contributed by atoms with Crippen LogP contribution < -0.4 is 16.6 Å². The predicted molar refractivity (Wildman–Crippen MR) is 128 cm³/mol. The van der Waals surface area contributed by atoms with Gasteiger partial charge in [0.2, 0.25) is 0 Å². The van der Waals surface area contributed by atoms with Gasteiger partial charge in [-0.2, -0.15) is 0 Å². The molecule has 2 aromatic heterocycles. The van der Waals surface area contributed by atoms with Crippen molar-refractivity contribution in [1.29, 1.82) is 0 Å². The molecule has 170 valence electrons. The molecule has 5 rings (SSSR count). The quantitative estimate of drug-likeness (QED) is 0.339. The highest BCUT2D eigenvalue weighted by molar-refractivity contribution is 6.01. The summed E-state index contributed by atoms with van der Waals surface area (Å²) in [5, 5.41) is 3.71. The minimum Gasteiger partial charge on any atom is -0.383 e. The Morgan fingerprint density at radius 1 is 1.15 bits per heavy atom. The van der Waals surface area contributed by atoms with Crippen molar-refractivity contribution < 1.29 is 9.53 Å². The number of ether oxygens (including phenoxy) is 1. The fourth-order valence-corrected chi connectivity index (χ4v) is 4.85. The Balaban J connectivity index is 1.70. The van der Waals surface area contributed by atoms with E-state index in [-0.39, 0.29) is 11.5 Å². The van der Waals surface area contributed by atoms with Gasteiger partial charge in [0.05, 0.1) is 23.3 Å². The molecule has 2 aromatic carbocycles. The molecular weight excluding hydrogens is 418 g/mol. The van der Waals surface area contributed by atoms with Crippen LogP contribution in [0.1, 0.15) is 41.6 Å². The van der Waals surface area contributed by atoms with Gasteiger partial charge in [-0.1, -0.05) is 25.0 Å². The number of para-hydroxylation sites is 2. The number of carbonyl (C=O) groups excluding carboxylic acids is 1. The van der Waals surface area contributed by atoms with E-state index in [2.05, 4.69) is 20.3 Å². The second-order valence-corrected chi connectivity index (χ2v) is 8.68. The third-order valence-corrected chi connectivity index (χ3v) is 6.48. The van der Waals surface area contributed by atoms with Crippen molar-refractivity contribution in [3.05, 3.63) is 63.9 Å². The van der Waals surface area contributed by atoms with E-state index in [0.29, 0.717) is 41.1 Å². The SMILES string of the molecule is COCCNC(=O)c1ccc2[nH]c(-c3nc4ccccc4[nH]c3=O)c(C3(N)CCCC3)c2c1. The summed E-state index contributed by atoms with van der Waals surface area (Å²) in [7, 11) is 1.59. The normalized spacial score (nSPS) is 15.3. The Bertz CT molecular complexity index is 1400. The number of aromatic amines is 2. The van der Waals surface area contributed by atoms with Crippen LogP contribution >= 0.6 is 0 Å². The van der Waals surface area contributed by atoms with E-state index in [1.165, 1.54) is 0 Å². The van der Waals surface area contributed by atoms with Crippen LogP contribution in [0.4, 0.5) is 0 Å². The van der Waals surface area contributed by atoms with Crippen LogP contribution in [0.15, 0.2) is 47.3 Å². The third-order valence-electron chi connectivity index (χ3n) is 6.48. The first-order valence-electron chi connectivity index (χ1n) is 11.2. The van der Waals surface area contributed by atoms with Gasteiger partial charge in [0, 0.05) is 41.2 Å². The number of H-pyrrole nitrogens is 2. The first-order valence-corrected chi connectivity index (χ1v) is 11.2. The van der Waals surface area contributed by atoms with Gasteiger partial charge in [-0.05, 0) is 43.2 Å². The molecule has 1 aliphatic rings. The molecule has 1 amide bonds. The first kappa shape index (κ1) is 21.4. The average Bonchev–Trinajstić information content (AvgIpc) is 3.42. The third kappa shape index (κ3) is 3.81. The summed E-state index contributed by atoms with van der Waals surface area (Å²) in [6.45, 7) is 0.867. The summed E-state index contributed by atoms with van der Waals surface area (Å²) in [5.41, 5.74) is 10.6. The minimum absolute atomic E-state index is 0.179. The lowest BCUT2D eigenvalue weighted by Crippen LogP contribution is -2.34. The van der Waals surface area contributed by atoms with Gasteiger partial charge < -0.3 is 25.8 Å². The number of hydrogen-bond donors (Lipinski definition) is 4. The molecule has 0 atom stereocenters. The number of hydrogen-bond acceptors (Lipinski definition) is 5. The van der Waals surface area contributed by atoms with E-state index in [0.717, 1.165) is 42.1 Å². The maximum Gasteiger partial charge on any atom is 0.276 e. The number of rotatable bonds is 6. The first-order chi connectivity index (χ1) is 16.0. The molecule has 4 aromatic rings. The minimum atomic E-state index is -0.599. The summed E-state index contributed by atoms with van der Waals surface area (Å²) < 4.78 is 5.02.